The van der Waals surface area contributed by atoms with E-state index in [1.165, 1.54) is 24.3 Å². The maximum atomic E-state index is 13.3. The molecule has 0 spiro atoms. The van der Waals surface area contributed by atoms with Crippen LogP contribution in [0.15, 0.2) is 47.4 Å². The van der Waals surface area contributed by atoms with Crippen molar-refractivity contribution in [1.82, 2.24) is 0 Å². The van der Waals surface area contributed by atoms with Crippen molar-refractivity contribution in [2.24, 2.45) is 0 Å². The molecule has 2 aromatic rings. The first kappa shape index (κ1) is 13.6. The van der Waals surface area contributed by atoms with Gasteiger partial charge in [-0.3, -0.25) is 4.72 Å². The monoisotopic (exact) mass is 300 g/mol. The van der Waals surface area contributed by atoms with E-state index in [2.05, 4.69) is 4.72 Å². The number of anilines is 2. The number of nitrogens with two attached hydrogens (primary N) is 1. The third-order valence-corrected chi connectivity index (χ3v) is 3.97. The van der Waals surface area contributed by atoms with E-state index >= 15 is 0 Å². The largest absolute Gasteiger partial charge is 0.396 e. The molecule has 0 saturated heterocycles. The molecular weight excluding hydrogens is 291 g/mol. The molecule has 0 radical (unpaired) electrons. The third kappa shape index (κ3) is 3.15. The Morgan fingerprint density at radius 1 is 1.16 bits per heavy atom. The lowest BCUT2D eigenvalue weighted by atomic mass is 10.3. The molecule has 0 atom stereocenters. The molecule has 0 aliphatic rings. The Morgan fingerprint density at radius 2 is 1.89 bits per heavy atom. The highest BCUT2D eigenvalue weighted by atomic mass is 35.5. The second-order valence-corrected chi connectivity index (χ2v) is 5.92. The van der Waals surface area contributed by atoms with Crippen molar-refractivity contribution in [3.8, 4) is 0 Å². The summed E-state index contributed by atoms with van der Waals surface area (Å²) < 4.78 is 39.6. The van der Waals surface area contributed by atoms with Crippen LogP contribution >= 0.6 is 11.6 Å². The van der Waals surface area contributed by atoms with Gasteiger partial charge in [0.2, 0.25) is 0 Å². The summed E-state index contributed by atoms with van der Waals surface area (Å²) in [5, 5.41) is 0.392. The molecule has 4 nitrogen and oxygen atoms in total. The van der Waals surface area contributed by atoms with Crippen LogP contribution in [0.1, 0.15) is 0 Å². The third-order valence-electron chi connectivity index (χ3n) is 2.36. The molecule has 2 rings (SSSR count). The van der Waals surface area contributed by atoms with E-state index in [0.29, 0.717) is 10.7 Å². The molecular formula is C12H10ClFN2O2S. The van der Waals surface area contributed by atoms with Crippen molar-refractivity contribution in [2.75, 3.05) is 10.5 Å². The van der Waals surface area contributed by atoms with Crippen LogP contribution in [-0.4, -0.2) is 8.42 Å². The number of rotatable bonds is 3. The fourth-order valence-corrected chi connectivity index (χ4v) is 2.69. The van der Waals surface area contributed by atoms with E-state index in [0.717, 1.165) is 6.07 Å². The molecule has 0 unspecified atom stereocenters. The second-order valence-electron chi connectivity index (χ2n) is 3.80. The normalized spacial score (nSPS) is 11.3. The lowest BCUT2D eigenvalue weighted by molar-refractivity contribution is 0.596. The van der Waals surface area contributed by atoms with Gasteiger partial charge in [0, 0.05) is 5.02 Å². The van der Waals surface area contributed by atoms with Crippen LogP contribution in [0.5, 0.6) is 0 Å². The molecule has 0 aliphatic heterocycles. The van der Waals surface area contributed by atoms with Gasteiger partial charge >= 0.3 is 0 Å². The van der Waals surface area contributed by atoms with Crippen LogP contribution in [0.3, 0.4) is 0 Å². The van der Waals surface area contributed by atoms with Gasteiger partial charge in [0.25, 0.3) is 10.0 Å². The van der Waals surface area contributed by atoms with Crippen molar-refractivity contribution in [1.29, 1.82) is 0 Å². The lowest BCUT2D eigenvalue weighted by Crippen LogP contribution is -2.13. The molecule has 0 bridgehead atoms. The Hall–Kier alpha value is -1.79. The van der Waals surface area contributed by atoms with Crippen LogP contribution in [0.2, 0.25) is 5.02 Å². The molecule has 0 fully saturated rings. The standard InChI is InChI=1S/C12H10ClFN2O2S/c13-8-2-1-3-9(6-8)16-19(17,18)10-4-5-12(15)11(14)7-10/h1-7,16H,15H2. The summed E-state index contributed by atoms with van der Waals surface area (Å²) in [6.45, 7) is 0. The highest BCUT2D eigenvalue weighted by Crippen LogP contribution is 2.21. The summed E-state index contributed by atoms with van der Waals surface area (Å²) >= 11 is 5.75. The highest BCUT2D eigenvalue weighted by molar-refractivity contribution is 7.92. The zero-order valence-electron chi connectivity index (χ0n) is 9.60. The topological polar surface area (TPSA) is 72.2 Å². The average molecular weight is 301 g/mol. The molecule has 0 heterocycles. The number of benzene rings is 2. The lowest BCUT2D eigenvalue weighted by Gasteiger charge is -2.09. The molecule has 0 aliphatic carbocycles. The maximum absolute atomic E-state index is 13.3. The van der Waals surface area contributed by atoms with Crippen molar-refractivity contribution in [3.63, 3.8) is 0 Å². The summed E-state index contributed by atoms with van der Waals surface area (Å²) in [4.78, 5) is -0.209. The number of nitrogens with one attached hydrogen (secondary N) is 1. The average Bonchev–Trinajstić information content (AvgIpc) is 2.32. The van der Waals surface area contributed by atoms with Crippen molar-refractivity contribution in [2.45, 2.75) is 4.90 Å². The van der Waals surface area contributed by atoms with Crippen molar-refractivity contribution >= 4 is 33.0 Å². The molecule has 100 valence electrons. The number of hydrogen-bond acceptors (Lipinski definition) is 3. The Labute approximate surface area is 115 Å². The number of halogens is 2. The van der Waals surface area contributed by atoms with Crippen LogP contribution in [0.25, 0.3) is 0 Å². The fourth-order valence-electron chi connectivity index (χ4n) is 1.44. The SMILES string of the molecule is Nc1ccc(S(=O)(=O)Nc2cccc(Cl)c2)cc1F. The van der Waals surface area contributed by atoms with Crippen LogP contribution < -0.4 is 10.5 Å². The Kier molecular flexibility index (Phi) is 3.64. The summed E-state index contributed by atoms with van der Waals surface area (Å²) in [6, 6.07) is 9.49. The van der Waals surface area contributed by atoms with Gasteiger partial charge in [0.05, 0.1) is 16.3 Å². The summed E-state index contributed by atoms with van der Waals surface area (Å²) in [5.74, 6) is -0.783. The van der Waals surface area contributed by atoms with E-state index < -0.39 is 15.8 Å². The first-order valence-corrected chi connectivity index (χ1v) is 7.08. The minimum Gasteiger partial charge on any atom is -0.396 e. The molecule has 19 heavy (non-hydrogen) atoms. The zero-order valence-corrected chi connectivity index (χ0v) is 11.2. The van der Waals surface area contributed by atoms with Gasteiger partial charge in [-0.15, -0.1) is 0 Å². The molecule has 7 heteroatoms. The Morgan fingerprint density at radius 3 is 2.53 bits per heavy atom. The number of sulfonamides is 1. The van der Waals surface area contributed by atoms with Gasteiger partial charge in [0.1, 0.15) is 5.82 Å². The fraction of sp³-hybridized carbons (Fsp3) is 0. The van der Waals surface area contributed by atoms with Gasteiger partial charge in [0.15, 0.2) is 0 Å². The molecule has 3 N–H and O–H groups in total. The summed E-state index contributed by atoms with van der Waals surface area (Å²) in [7, 11) is -3.87. The van der Waals surface area contributed by atoms with Crippen molar-refractivity contribution < 1.29 is 12.8 Å². The summed E-state index contributed by atoms with van der Waals surface area (Å²) in [6.07, 6.45) is 0. The minimum absolute atomic E-state index is 0.110. The minimum atomic E-state index is -3.87. The summed E-state index contributed by atoms with van der Waals surface area (Å²) in [5.41, 5.74) is 5.48. The number of hydrogen-bond donors (Lipinski definition) is 2. The van der Waals surface area contributed by atoms with E-state index in [1.54, 1.807) is 12.1 Å². The predicted molar refractivity (Wildman–Crippen MR) is 73.1 cm³/mol. The quantitative estimate of drug-likeness (QED) is 0.856. The number of nitrogen functional groups attached to an aromatic ring is 1. The van der Waals surface area contributed by atoms with E-state index in [9.17, 15) is 12.8 Å². The first-order chi connectivity index (χ1) is 8.88. The van der Waals surface area contributed by atoms with E-state index in [-0.39, 0.29) is 10.6 Å². The molecule has 2 aromatic carbocycles. The molecule has 0 amide bonds. The van der Waals surface area contributed by atoms with Crippen LogP contribution in [-0.2, 0) is 10.0 Å². The van der Waals surface area contributed by atoms with Gasteiger partial charge in [-0.25, -0.2) is 12.8 Å². The van der Waals surface area contributed by atoms with Crippen molar-refractivity contribution in [3.05, 3.63) is 53.3 Å². The van der Waals surface area contributed by atoms with E-state index in [4.69, 9.17) is 17.3 Å². The first-order valence-electron chi connectivity index (χ1n) is 5.22. The van der Waals surface area contributed by atoms with Crippen LogP contribution in [0.4, 0.5) is 15.8 Å². The second kappa shape index (κ2) is 5.07. The Balaban J connectivity index is 2.35. The van der Waals surface area contributed by atoms with E-state index in [1.807, 2.05) is 0 Å². The maximum Gasteiger partial charge on any atom is 0.261 e. The highest BCUT2D eigenvalue weighted by Gasteiger charge is 2.16. The van der Waals surface area contributed by atoms with Gasteiger partial charge < -0.3 is 5.73 Å². The predicted octanol–water partition coefficient (Wildman–Crippen LogP) is 2.86. The molecule has 0 aromatic heterocycles. The zero-order chi connectivity index (χ0) is 14.0. The van der Waals surface area contributed by atoms with Crippen LogP contribution in [0, 0.1) is 5.82 Å². The van der Waals surface area contributed by atoms with Gasteiger partial charge in [-0.1, -0.05) is 17.7 Å². The van der Waals surface area contributed by atoms with Gasteiger partial charge in [-0.05, 0) is 36.4 Å². The smallest absolute Gasteiger partial charge is 0.261 e. The van der Waals surface area contributed by atoms with Gasteiger partial charge in [-0.2, -0.15) is 0 Å². The Bertz CT molecular complexity index is 719. The molecule has 0 saturated carbocycles.